The van der Waals surface area contributed by atoms with Crippen LogP contribution in [0, 0.1) is 28.0 Å². The lowest BCUT2D eigenvalue weighted by Crippen LogP contribution is -2.46. The predicted octanol–water partition coefficient (Wildman–Crippen LogP) is 3.52. The number of hydrogen-bond acceptors (Lipinski definition) is 8. The fourth-order valence-electron chi connectivity index (χ4n) is 3.93. The molecule has 1 amide bonds. The molecule has 9 nitrogen and oxygen atoms in total. The number of likely N-dealkylation sites (tertiary alicyclic amines) is 1. The SMILES string of the molecule is COc1ccc(F)c(C(=N)c2c(N)ncnc2NC2CCCN(C(=O)/C(C#N)=C/C(C)(C)C)C2)c1. The molecule has 184 valence electrons. The number of nitrogen functional groups attached to an aromatic ring is 1. The maximum Gasteiger partial charge on any atom is 0.264 e. The molecule has 1 aliphatic heterocycles. The molecule has 1 fully saturated rings. The monoisotopic (exact) mass is 479 g/mol. The summed E-state index contributed by atoms with van der Waals surface area (Å²) in [5, 5.41) is 21.4. The highest BCUT2D eigenvalue weighted by atomic mass is 19.1. The summed E-state index contributed by atoms with van der Waals surface area (Å²) in [5.74, 6) is -0.223. The van der Waals surface area contributed by atoms with E-state index in [1.807, 2.05) is 26.8 Å². The smallest absolute Gasteiger partial charge is 0.264 e. The summed E-state index contributed by atoms with van der Waals surface area (Å²) >= 11 is 0. The minimum atomic E-state index is -0.603. The Morgan fingerprint density at radius 2 is 2.14 bits per heavy atom. The molecule has 3 rings (SSSR count). The normalized spacial score (nSPS) is 16.4. The highest BCUT2D eigenvalue weighted by molar-refractivity contribution is 6.16. The van der Waals surface area contributed by atoms with E-state index in [1.54, 1.807) is 11.0 Å². The number of nitriles is 1. The van der Waals surface area contributed by atoms with E-state index in [0.29, 0.717) is 18.8 Å². The van der Waals surface area contributed by atoms with Crippen LogP contribution in [0.5, 0.6) is 5.75 Å². The second kappa shape index (κ2) is 10.5. The molecule has 0 bridgehead atoms. The number of aromatic nitrogens is 2. The van der Waals surface area contributed by atoms with E-state index in [-0.39, 0.29) is 51.4 Å². The average molecular weight is 480 g/mol. The third kappa shape index (κ3) is 6.12. The molecule has 2 aromatic rings. The van der Waals surface area contributed by atoms with Gasteiger partial charge in [0, 0.05) is 24.7 Å². The zero-order valence-electron chi connectivity index (χ0n) is 20.4. The van der Waals surface area contributed by atoms with Gasteiger partial charge in [-0.05, 0) is 36.5 Å². The van der Waals surface area contributed by atoms with Crippen molar-refractivity contribution in [2.45, 2.75) is 39.7 Å². The number of methoxy groups -OCH3 is 1. The number of hydrogen-bond donors (Lipinski definition) is 3. The van der Waals surface area contributed by atoms with E-state index in [0.717, 1.165) is 12.8 Å². The van der Waals surface area contributed by atoms with Crippen molar-refractivity contribution in [1.82, 2.24) is 14.9 Å². The van der Waals surface area contributed by atoms with Gasteiger partial charge in [-0.1, -0.05) is 26.8 Å². The van der Waals surface area contributed by atoms with Crippen LogP contribution in [0.3, 0.4) is 0 Å². The summed E-state index contributed by atoms with van der Waals surface area (Å²) in [6, 6.07) is 5.92. The lowest BCUT2D eigenvalue weighted by atomic mass is 9.93. The third-order valence-corrected chi connectivity index (χ3v) is 5.55. The second-order valence-electron chi connectivity index (χ2n) is 9.47. The number of carbonyl (C=O) groups is 1. The number of nitrogens with zero attached hydrogens (tertiary/aromatic N) is 4. The minimum Gasteiger partial charge on any atom is -0.497 e. The number of anilines is 2. The third-order valence-electron chi connectivity index (χ3n) is 5.55. The maximum absolute atomic E-state index is 14.6. The first-order valence-corrected chi connectivity index (χ1v) is 11.3. The van der Waals surface area contributed by atoms with E-state index >= 15 is 0 Å². The van der Waals surface area contributed by atoms with Gasteiger partial charge in [0.25, 0.3) is 5.91 Å². The molecule has 1 unspecified atom stereocenters. The standard InChI is InChI=1S/C25H30FN7O2/c1-25(2,3)11-15(12-27)24(34)33-9-5-6-16(13-33)32-23-20(22(29)30-14-31-23)21(28)18-10-17(35-4)7-8-19(18)26/h7-8,10-11,14,16,28H,5-6,9,13H2,1-4H3,(H3,29,30,31,32)/b15-11+,28-21?. The Balaban J connectivity index is 1.86. The van der Waals surface area contributed by atoms with E-state index in [9.17, 15) is 14.4 Å². The van der Waals surface area contributed by atoms with Crippen molar-refractivity contribution in [2.75, 3.05) is 31.2 Å². The van der Waals surface area contributed by atoms with Crippen LogP contribution in [0.1, 0.15) is 44.7 Å². The van der Waals surface area contributed by atoms with Crippen LogP contribution in [0.4, 0.5) is 16.0 Å². The average Bonchev–Trinajstić information content (AvgIpc) is 2.82. The number of ether oxygens (including phenoxy) is 1. The van der Waals surface area contributed by atoms with Gasteiger partial charge >= 0.3 is 0 Å². The Kier molecular flexibility index (Phi) is 7.69. The molecule has 2 heterocycles. The summed E-state index contributed by atoms with van der Waals surface area (Å²) in [6.45, 7) is 6.66. The molecule has 4 N–H and O–H groups in total. The molecular formula is C25H30FN7O2. The van der Waals surface area contributed by atoms with Crippen LogP contribution in [0.2, 0.25) is 0 Å². The summed E-state index contributed by atoms with van der Waals surface area (Å²) in [5.41, 5.74) is 5.86. The van der Waals surface area contributed by atoms with Gasteiger partial charge in [-0.15, -0.1) is 0 Å². The quantitative estimate of drug-likeness (QED) is 0.327. The van der Waals surface area contributed by atoms with Gasteiger partial charge in [0.15, 0.2) is 0 Å². The van der Waals surface area contributed by atoms with E-state index in [4.69, 9.17) is 15.9 Å². The fraction of sp³-hybridized carbons (Fsp3) is 0.400. The van der Waals surface area contributed by atoms with Crippen molar-refractivity contribution in [3.63, 3.8) is 0 Å². The zero-order chi connectivity index (χ0) is 25.8. The number of piperidine rings is 1. The van der Waals surface area contributed by atoms with E-state index < -0.39 is 5.82 Å². The summed E-state index contributed by atoms with van der Waals surface area (Å²) in [7, 11) is 1.46. The molecule has 0 saturated carbocycles. The zero-order valence-corrected chi connectivity index (χ0v) is 20.4. The number of rotatable bonds is 6. The number of benzene rings is 1. The largest absolute Gasteiger partial charge is 0.497 e. The molecule has 1 saturated heterocycles. The highest BCUT2D eigenvalue weighted by Crippen LogP contribution is 2.27. The lowest BCUT2D eigenvalue weighted by molar-refractivity contribution is -0.127. The molecule has 0 aliphatic carbocycles. The van der Waals surface area contributed by atoms with Gasteiger partial charge in [0.2, 0.25) is 0 Å². The highest BCUT2D eigenvalue weighted by Gasteiger charge is 2.28. The Morgan fingerprint density at radius 1 is 1.40 bits per heavy atom. The van der Waals surface area contributed by atoms with Crippen molar-refractivity contribution in [2.24, 2.45) is 5.41 Å². The maximum atomic E-state index is 14.6. The topological polar surface area (TPSA) is 141 Å². The number of nitrogens with one attached hydrogen (secondary N) is 2. The Labute approximate surface area is 204 Å². The van der Waals surface area contributed by atoms with Crippen molar-refractivity contribution < 1.29 is 13.9 Å². The molecule has 1 aliphatic rings. The summed E-state index contributed by atoms with van der Waals surface area (Å²) in [6.07, 6.45) is 4.40. The summed E-state index contributed by atoms with van der Waals surface area (Å²) < 4.78 is 19.7. The van der Waals surface area contributed by atoms with Gasteiger partial charge in [-0.2, -0.15) is 5.26 Å². The number of nitrogens with two attached hydrogens (primary N) is 1. The Hall–Kier alpha value is -4.00. The van der Waals surface area contributed by atoms with Crippen LogP contribution >= 0.6 is 0 Å². The van der Waals surface area contributed by atoms with Crippen LogP contribution in [-0.4, -0.2) is 52.7 Å². The molecular weight excluding hydrogens is 449 g/mol. The van der Waals surface area contributed by atoms with Crippen molar-refractivity contribution >= 4 is 23.3 Å². The number of allylic oxidation sites excluding steroid dienone is 1. The van der Waals surface area contributed by atoms with Crippen molar-refractivity contribution in [3.8, 4) is 11.8 Å². The van der Waals surface area contributed by atoms with Gasteiger partial charge in [-0.25, -0.2) is 14.4 Å². The second-order valence-corrected chi connectivity index (χ2v) is 9.47. The summed E-state index contributed by atoms with van der Waals surface area (Å²) in [4.78, 5) is 22.9. The first-order valence-electron chi connectivity index (χ1n) is 11.3. The van der Waals surface area contributed by atoms with Gasteiger partial charge in [-0.3, -0.25) is 10.2 Å². The molecule has 10 heteroatoms. The van der Waals surface area contributed by atoms with E-state index in [2.05, 4.69) is 15.3 Å². The van der Waals surface area contributed by atoms with Crippen LogP contribution in [-0.2, 0) is 4.79 Å². The molecule has 1 atom stereocenters. The van der Waals surface area contributed by atoms with Crippen LogP contribution in [0.25, 0.3) is 0 Å². The first kappa shape index (κ1) is 25.6. The fourth-order valence-corrected chi connectivity index (χ4v) is 3.93. The molecule has 1 aromatic carbocycles. The van der Waals surface area contributed by atoms with Gasteiger partial charge < -0.3 is 20.7 Å². The Bertz CT molecular complexity index is 1200. The van der Waals surface area contributed by atoms with Gasteiger partial charge in [0.05, 0.1) is 18.4 Å². The number of halogens is 1. The van der Waals surface area contributed by atoms with E-state index in [1.165, 1.54) is 31.6 Å². The Morgan fingerprint density at radius 3 is 2.80 bits per heavy atom. The number of carbonyl (C=O) groups excluding carboxylic acids is 1. The molecule has 0 spiro atoms. The van der Waals surface area contributed by atoms with Gasteiger partial charge in [0.1, 0.15) is 41.2 Å². The molecule has 35 heavy (non-hydrogen) atoms. The lowest BCUT2D eigenvalue weighted by Gasteiger charge is -2.34. The predicted molar refractivity (Wildman–Crippen MR) is 132 cm³/mol. The van der Waals surface area contributed by atoms with Crippen LogP contribution in [0.15, 0.2) is 36.2 Å². The molecule has 1 aromatic heterocycles. The first-order chi connectivity index (χ1) is 16.5. The van der Waals surface area contributed by atoms with Crippen LogP contribution < -0.4 is 15.8 Å². The van der Waals surface area contributed by atoms with Crippen molar-refractivity contribution in [3.05, 3.63) is 53.1 Å². The van der Waals surface area contributed by atoms with Crippen molar-refractivity contribution in [1.29, 1.82) is 10.7 Å². The number of amides is 1. The minimum absolute atomic E-state index is 0.000304. The molecule has 0 radical (unpaired) electrons.